The molecule has 0 amide bonds. The van der Waals surface area contributed by atoms with Crippen LogP contribution in [-0.4, -0.2) is 23.6 Å². The van der Waals surface area contributed by atoms with Crippen LogP contribution in [0.4, 0.5) is 0 Å². The van der Waals surface area contributed by atoms with Gasteiger partial charge >= 0.3 is 0 Å². The number of ether oxygens (including phenoxy) is 1. The topological polar surface area (TPSA) is 76.1 Å². The van der Waals surface area contributed by atoms with Crippen LogP contribution < -0.4 is 4.74 Å². The monoisotopic (exact) mass is 418 g/mol. The lowest BCUT2D eigenvalue weighted by atomic mass is 9.89. The summed E-state index contributed by atoms with van der Waals surface area (Å²) in [7, 11) is 1.59. The number of nitrogens with zero attached hydrogens (tertiary/aromatic N) is 2. The smallest absolute Gasteiger partial charge is 0.173 e. The van der Waals surface area contributed by atoms with Crippen LogP contribution >= 0.6 is 11.8 Å². The average molecular weight is 419 g/mol. The highest BCUT2D eigenvalue weighted by atomic mass is 32.2. The molecule has 152 valence electrons. The predicted octanol–water partition coefficient (Wildman–Crippen LogP) is 5.38. The molecule has 0 saturated heterocycles. The second kappa shape index (κ2) is 8.76. The number of thioether (sulfide) groups is 1. The number of Topliss-reactive ketones (excluding diaryl/α,β-unsaturated/α-hetero) is 1. The number of pyridine rings is 1. The summed E-state index contributed by atoms with van der Waals surface area (Å²) in [4.78, 5) is 17.5. The molecule has 0 unspecified atom stereocenters. The fraction of sp³-hybridized carbons (Fsp3) is 0.292. The fourth-order valence-corrected chi connectivity index (χ4v) is 4.66. The maximum atomic E-state index is 12.7. The molecule has 0 N–H and O–H groups in total. The highest BCUT2D eigenvalue weighted by Crippen LogP contribution is 2.38. The lowest BCUT2D eigenvalue weighted by Crippen LogP contribution is -2.11. The van der Waals surface area contributed by atoms with Gasteiger partial charge in [0.2, 0.25) is 0 Å². The summed E-state index contributed by atoms with van der Waals surface area (Å²) in [5.74, 6) is 2.41. The van der Waals surface area contributed by atoms with Crippen molar-refractivity contribution in [3.63, 3.8) is 0 Å². The molecule has 4 rings (SSSR count). The molecule has 1 aliphatic rings. The molecular formula is C24H22N2O3S. The number of furan rings is 1. The number of carbonyl (C=O) groups excluding carboxylic acids is 1. The number of carbonyl (C=O) groups is 1. The van der Waals surface area contributed by atoms with E-state index in [0.29, 0.717) is 27.7 Å². The third kappa shape index (κ3) is 3.99. The van der Waals surface area contributed by atoms with Crippen molar-refractivity contribution in [2.45, 2.75) is 37.6 Å². The summed E-state index contributed by atoms with van der Waals surface area (Å²) in [5.41, 5.74) is 4.08. The highest BCUT2D eigenvalue weighted by molar-refractivity contribution is 8.00. The molecule has 0 bridgehead atoms. The van der Waals surface area contributed by atoms with Gasteiger partial charge in [0.1, 0.15) is 28.4 Å². The molecule has 0 radical (unpaired) electrons. The molecule has 2 aromatic heterocycles. The molecule has 0 aliphatic heterocycles. The normalized spacial score (nSPS) is 12.8. The molecular weight excluding hydrogens is 396 g/mol. The lowest BCUT2D eigenvalue weighted by molar-refractivity contribution is 0.102. The molecule has 3 aromatic rings. The molecule has 2 heterocycles. The van der Waals surface area contributed by atoms with Gasteiger partial charge in [-0.2, -0.15) is 5.26 Å². The molecule has 6 heteroatoms. The van der Waals surface area contributed by atoms with Crippen molar-refractivity contribution in [2.24, 2.45) is 0 Å². The minimum Gasteiger partial charge on any atom is -0.497 e. The average Bonchev–Trinajstić information content (AvgIpc) is 3.22. The summed E-state index contributed by atoms with van der Waals surface area (Å²) in [6, 6.07) is 13.2. The van der Waals surface area contributed by atoms with E-state index >= 15 is 0 Å². The quantitative estimate of drug-likeness (QED) is 0.395. The first-order valence-corrected chi connectivity index (χ1v) is 10.9. The van der Waals surface area contributed by atoms with Crippen molar-refractivity contribution < 1.29 is 13.9 Å². The molecule has 0 atom stereocenters. The summed E-state index contributed by atoms with van der Waals surface area (Å²) in [6.07, 6.45) is 3.93. The van der Waals surface area contributed by atoms with Gasteiger partial charge in [-0.3, -0.25) is 4.79 Å². The van der Waals surface area contributed by atoms with Crippen molar-refractivity contribution >= 4 is 17.5 Å². The Bertz CT molecular complexity index is 1130. The maximum absolute atomic E-state index is 12.7. The number of benzene rings is 1. The molecule has 5 nitrogen and oxygen atoms in total. The second-order valence-electron chi connectivity index (χ2n) is 7.26. The van der Waals surface area contributed by atoms with Crippen molar-refractivity contribution in [3.8, 4) is 23.1 Å². The van der Waals surface area contributed by atoms with Gasteiger partial charge in [0.15, 0.2) is 5.78 Å². The van der Waals surface area contributed by atoms with Crippen LogP contribution in [0.3, 0.4) is 0 Å². The Balaban J connectivity index is 1.67. The summed E-state index contributed by atoms with van der Waals surface area (Å²) in [5, 5.41) is 10.6. The zero-order chi connectivity index (χ0) is 21.1. The fourth-order valence-electron chi connectivity index (χ4n) is 3.76. The molecule has 1 aliphatic carbocycles. The van der Waals surface area contributed by atoms with Crippen molar-refractivity contribution in [1.82, 2.24) is 4.98 Å². The maximum Gasteiger partial charge on any atom is 0.173 e. The minimum absolute atomic E-state index is 0.0125. The number of ketones is 1. The number of nitriles is 1. The standard InChI is InChI=1S/C24H22N2O3S/c1-15-7-12-22(29-15)23-18-5-3-4-6-20(18)26-24(19(23)13-25)30-14-21(27)16-8-10-17(28-2)11-9-16/h7-12H,3-6,14H2,1-2H3. The van der Waals surface area contributed by atoms with Crippen LogP contribution in [0, 0.1) is 18.3 Å². The van der Waals surface area contributed by atoms with E-state index in [9.17, 15) is 10.1 Å². The highest BCUT2D eigenvalue weighted by Gasteiger charge is 2.25. The molecule has 30 heavy (non-hydrogen) atoms. The first-order valence-electron chi connectivity index (χ1n) is 9.93. The van der Waals surface area contributed by atoms with Crippen molar-refractivity contribution in [3.05, 3.63) is 64.5 Å². The number of hydrogen-bond acceptors (Lipinski definition) is 6. The SMILES string of the molecule is COc1ccc(C(=O)CSc2nc3c(c(-c4ccc(C)o4)c2C#N)CCCC3)cc1. The van der Waals surface area contributed by atoms with E-state index in [-0.39, 0.29) is 11.5 Å². The van der Waals surface area contributed by atoms with E-state index in [1.165, 1.54) is 11.8 Å². The number of aromatic nitrogens is 1. The molecule has 0 saturated carbocycles. The third-order valence-electron chi connectivity index (χ3n) is 5.29. The summed E-state index contributed by atoms with van der Waals surface area (Å²) >= 11 is 1.32. The number of methoxy groups -OCH3 is 1. The zero-order valence-electron chi connectivity index (χ0n) is 17.0. The van der Waals surface area contributed by atoms with Gasteiger partial charge < -0.3 is 9.15 Å². The zero-order valence-corrected chi connectivity index (χ0v) is 17.8. The van der Waals surface area contributed by atoms with Crippen LogP contribution in [0.5, 0.6) is 5.75 Å². The van der Waals surface area contributed by atoms with Crippen LogP contribution in [0.1, 0.15) is 45.8 Å². The van der Waals surface area contributed by atoms with E-state index in [2.05, 4.69) is 6.07 Å². The van der Waals surface area contributed by atoms with E-state index in [1.54, 1.807) is 31.4 Å². The Morgan fingerprint density at radius 3 is 2.63 bits per heavy atom. The Labute approximate surface area is 180 Å². The Hall–Kier alpha value is -3.04. The van der Waals surface area contributed by atoms with Gasteiger partial charge in [-0.1, -0.05) is 11.8 Å². The largest absolute Gasteiger partial charge is 0.497 e. The van der Waals surface area contributed by atoms with Crippen LogP contribution in [-0.2, 0) is 12.8 Å². The molecule has 1 aromatic carbocycles. The Kier molecular flexibility index (Phi) is 5.91. The predicted molar refractivity (Wildman–Crippen MR) is 116 cm³/mol. The van der Waals surface area contributed by atoms with E-state index in [0.717, 1.165) is 48.3 Å². The number of aryl methyl sites for hydroxylation is 2. The Morgan fingerprint density at radius 2 is 1.97 bits per heavy atom. The van der Waals surface area contributed by atoms with Crippen molar-refractivity contribution in [1.29, 1.82) is 5.26 Å². The molecule has 0 fully saturated rings. The first kappa shape index (κ1) is 20.2. The lowest BCUT2D eigenvalue weighted by Gasteiger charge is -2.20. The summed E-state index contributed by atoms with van der Waals surface area (Å²) in [6.45, 7) is 1.90. The Morgan fingerprint density at radius 1 is 1.20 bits per heavy atom. The van der Waals surface area contributed by atoms with Gasteiger partial charge in [0.25, 0.3) is 0 Å². The van der Waals surface area contributed by atoms with E-state index in [1.807, 2.05) is 19.1 Å². The van der Waals surface area contributed by atoms with Gasteiger partial charge in [-0.05, 0) is 74.6 Å². The van der Waals surface area contributed by atoms with Crippen molar-refractivity contribution in [2.75, 3.05) is 12.9 Å². The van der Waals surface area contributed by atoms with Crippen LogP contribution in [0.25, 0.3) is 11.3 Å². The first-order chi connectivity index (χ1) is 14.6. The number of rotatable bonds is 6. The van der Waals surface area contributed by atoms with Gasteiger partial charge in [-0.15, -0.1) is 0 Å². The summed E-state index contributed by atoms with van der Waals surface area (Å²) < 4.78 is 11.0. The molecule has 0 spiro atoms. The van der Waals surface area contributed by atoms with Crippen LogP contribution in [0.2, 0.25) is 0 Å². The van der Waals surface area contributed by atoms with Crippen LogP contribution in [0.15, 0.2) is 45.8 Å². The minimum atomic E-state index is -0.0125. The third-order valence-corrected chi connectivity index (χ3v) is 6.27. The second-order valence-corrected chi connectivity index (χ2v) is 8.23. The van der Waals surface area contributed by atoms with Gasteiger partial charge in [0, 0.05) is 16.8 Å². The number of hydrogen-bond donors (Lipinski definition) is 0. The van der Waals surface area contributed by atoms with E-state index < -0.39 is 0 Å². The van der Waals surface area contributed by atoms with Gasteiger partial charge in [0.05, 0.1) is 18.4 Å². The van der Waals surface area contributed by atoms with Gasteiger partial charge in [-0.25, -0.2) is 4.98 Å². The number of fused-ring (bicyclic) bond motifs is 1. The van der Waals surface area contributed by atoms with E-state index in [4.69, 9.17) is 14.1 Å².